The first-order valence-corrected chi connectivity index (χ1v) is 12.3. The molecule has 1 saturated heterocycles. The van der Waals surface area contributed by atoms with Gasteiger partial charge >= 0.3 is 18.2 Å². The van der Waals surface area contributed by atoms with Gasteiger partial charge in [0.25, 0.3) is 0 Å². The zero-order valence-electron chi connectivity index (χ0n) is 22.0. The number of hydrogen-bond donors (Lipinski definition) is 1. The number of methoxy groups -OCH3 is 1. The van der Waals surface area contributed by atoms with Crippen LogP contribution in [0.15, 0.2) is 42.9 Å². The highest BCUT2D eigenvalue weighted by Gasteiger charge is 2.36. The Morgan fingerprint density at radius 3 is 2.31 bits per heavy atom. The van der Waals surface area contributed by atoms with Crippen LogP contribution in [0.5, 0.6) is 0 Å². The Hall–Kier alpha value is -4.16. The van der Waals surface area contributed by atoms with Gasteiger partial charge < -0.3 is 19.7 Å². The van der Waals surface area contributed by atoms with Gasteiger partial charge in [-0.25, -0.2) is 19.6 Å². The Balaban J connectivity index is 1.49. The molecule has 39 heavy (non-hydrogen) atoms. The van der Waals surface area contributed by atoms with Crippen LogP contribution in [-0.4, -0.2) is 62.5 Å². The number of aromatic nitrogens is 4. The topological polar surface area (TPSA) is 111 Å². The fraction of sp³-hybridized carbons (Fsp3) is 0.423. The molecule has 13 heteroatoms. The molecule has 1 aliphatic rings. The monoisotopic (exact) mass is 546 g/mol. The van der Waals surface area contributed by atoms with Crippen LogP contribution in [0.3, 0.4) is 0 Å². The summed E-state index contributed by atoms with van der Waals surface area (Å²) >= 11 is 0. The predicted octanol–water partition coefficient (Wildman–Crippen LogP) is 5.46. The van der Waals surface area contributed by atoms with E-state index in [0.717, 1.165) is 6.20 Å². The summed E-state index contributed by atoms with van der Waals surface area (Å²) in [6.45, 7) is 6.37. The van der Waals surface area contributed by atoms with Crippen molar-refractivity contribution in [2.45, 2.75) is 51.4 Å². The minimum atomic E-state index is -4.69. The van der Waals surface area contributed by atoms with E-state index >= 15 is 0 Å². The smallest absolute Gasteiger partial charge is 0.421 e. The lowest BCUT2D eigenvalue weighted by Crippen LogP contribution is -2.42. The van der Waals surface area contributed by atoms with Crippen molar-refractivity contribution in [3.63, 3.8) is 0 Å². The second-order valence-electron chi connectivity index (χ2n) is 10.1. The molecule has 0 aliphatic carbocycles. The van der Waals surface area contributed by atoms with Crippen LogP contribution in [0.25, 0.3) is 11.4 Å². The minimum absolute atomic E-state index is 0.0318. The van der Waals surface area contributed by atoms with Crippen LogP contribution in [0.4, 0.5) is 29.5 Å². The number of halogens is 3. The van der Waals surface area contributed by atoms with E-state index in [2.05, 4.69) is 25.1 Å². The van der Waals surface area contributed by atoms with Crippen LogP contribution in [0.2, 0.25) is 0 Å². The van der Waals surface area contributed by atoms with E-state index in [0.29, 0.717) is 37.2 Å². The molecule has 3 aromatic rings. The minimum Gasteiger partial charge on any atom is -0.465 e. The number of amides is 1. The molecule has 1 N–H and O–H groups in total. The fourth-order valence-electron chi connectivity index (χ4n) is 4.08. The molecule has 10 nitrogen and oxygen atoms in total. The van der Waals surface area contributed by atoms with Gasteiger partial charge in [-0.3, -0.25) is 4.68 Å². The number of nitrogens with zero attached hydrogens (tertiary/aromatic N) is 5. The zero-order chi connectivity index (χ0) is 28.4. The zero-order valence-corrected chi connectivity index (χ0v) is 22.0. The van der Waals surface area contributed by atoms with Crippen molar-refractivity contribution < 1.29 is 32.2 Å². The molecule has 0 saturated carbocycles. The number of nitrogens with one attached hydrogen (secondary N) is 1. The molecule has 2 aromatic heterocycles. The van der Waals surface area contributed by atoms with Crippen molar-refractivity contribution in [2.24, 2.45) is 0 Å². The van der Waals surface area contributed by atoms with Crippen LogP contribution >= 0.6 is 0 Å². The van der Waals surface area contributed by atoms with Gasteiger partial charge in [0, 0.05) is 31.0 Å². The molecular formula is C26H29F3N6O4. The molecule has 208 valence electrons. The highest BCUT2D eigenvalue weighted by Crippen LogP contribution is 2.36. The van der Waals surface area contributed by atoms with Crippen molar-refractivity contribution in [1.29, 1.82) is 0 Å². The van der Waals surface area contributed by atoms with Crippen molar-refractivity contribution in [1.82, 2.24) is 24.6 Å². The number of carbonyl (C=O) groups excluding carboxylic acids is 2. The summed E-state index contributed by atoms with van der Waals surface area (Å²) in [6.07, 6.45) is -0.0758. The number of hydrogen-bond acceptors (Lipinski definition) is 8. The number of piperidine rings is 1. The third kappa shape index (κ3) is 6.84. The normalized spacial score (nSPS) is 14.7. The van der Waals surface area contributed by atoms with E-state index in [4.69, 9.17) is 4.74 Å². The molecule has 0 radical (unpaired) electrons. The number of ether oxygens (including phenoxy) is 2. The average Bonchev–Trinajstić information content (AvgIpc) is 3.35. The Kier molecular flexibility index (Phi) is 7.79. The molecule has 0 unspecified atom stereocenters. The highest BCUT2D eigenvalue weighted by molar-refractivity contribution is 5.89. The molecule has 4 rings (SSSR count). The summed E-state index contributed by atoms with van der Waals surface area (Å²) in [4.78, 5) is 33.6. The van der Waals surface area contributed by atoms with Gasteiger partial charge in [0.2, 0.25) is 0 Å². The summed E-state index contributed by atoms with van der Waals surface area (Å²) in [6, 6.07) is 5.98. The van der Waals surface area contributed by atoms with Crippen LogP contribution < -0.4 is 5.32 Å². The molecular weight excluding hydrogens is 517 g/mol. The van der Waals surface area contributed by atoms with Crippen molar-refractivity contribution in [2.75, 3.05) is 25.5 Å². The lowest BCUT2D eigenvalue weighted by molar-refractivity contribution is -0.137. The number of rotatable bonds is 5. The molecule has 3 heterocycles. The van der Waals surface area contributed by atoms with Crippen LogP contribution in [-0.2, 0) is 15.7 Å². The van der Waals surface area contributed by atoms with Gasteiger partial charge in [0.15, 0.2) is 5.82 Å². The summed E-state index contributed by atoms with van der Waals surface area (Å²) in [7, 11) is 1.25. The quantitative estimate of drug-likeness (QED) is 0.420. The van der Waals surface area contributed by atoms with E-state index < -0.39 is 29.1 Å². The largest absolute Gasteiger partial charge is 0.465 e. The van der Waals surface area contributed by atoms with Gasteiger partial charge in [-0.2, -0.15) is 18.3 Å². The number of carbonyl (C=O) groups is 2. The number of alkyl halides is 3. The number of esters is 1. The van der Waals surface area contributed by atoms with E-state index in [1.165, 1.54) is 37.6 Å². The van der Waals surface area contributed by atoms with Gasteiger partial charge in [-0.05, 0) is 45.7 Å². The Bertz CT molecular complexity index is 1330. The second-order valence-corrected chi connectivity index (χ2v) is 10.1. The first-order valence-electron chi connectivity index (χ1n) is 12.3. The van der Waals surface area contributed by atoms with Crippen LogP contribution in [0.1, 0.15) is 55.6 Å². The molecule has 0 bridgehead atoms. The SMILES string of the molecule is COC(=O)c1ccc(-c2ncc(C(F)(F)F)c(Nc3cnn(C4CCN(C(=O)OC(C)(C)C)CC4)c3)n2)cc1. The van der Waals surface area contributed by atoms with E-state index in [1.54, 1.807) is 15.8 Å². The van der Waals surface area contributed by atoms with Gasteiger partial charge in [-0.15, -0.1) is 0 Å². The van der Waals surface area contributed by atoms with Gasteiger partial charge in [0.05, 0.1) is 30.6 Å². The first-order chi connectivity index (χ1) is 18.3. The lowest BCUT2D eigenvalue weighted by Gasteiger charge is -2.33. The number of likely N-dealkylation sites (tertiary alicyclic amines) is 1. The van der Waals surface area contributed by atoms with Gasteiger partial charge in [0.1, 0.15) is 17.0 Å². The third-order valence-corrected chi connectivity index (χ3v) is 6.01. The molecule has 1 aromatic carbocycles. The number of anilines is 2. The van der Waals surface area contributed by atoms with E-state index in [-0.39, 0.29) is 23.5 Å². The Morgan fingerprint density at radius 2 is 1.72 bits per heavy atom. The lowest BCUT2D eigenvalue weighted by atomic mass is 10.1. The summed E-state index contributed by atoms with van der Waals surface area (Å²) in [5, 5.41) is 7.05. The third-order valence-electron chi connectivity index (χ3n) is 6.01. The fourth-order valence-corrected chi connectivity index (χ4v) is 4.08. The maximum atomic E-state index is 13.7. The summed E-state index contributed by atoms with van der Waals surface area (Å²) in [5.74, 6) is -0.919. The van der Waals surface area contributed by atoms with Gasteiger partial charge in [-0.1, -0.05) is 12.1 Å². The second kappa shape index (κ2) is 10.9. The number of benzene rings is 1. The highest BCUT2D eigenvalue weighted by atomic mass is 19.4. The van der Waals surface area contributed by atoms with Crippen LogP contribution in [0, 0.1) is 0 Å². The molecule has 1 amide bonds. The Labute approximate surface area is 223 Å². The first kappa shape index (κ1) is 27.9. The van der Waals surface area contributed by atoms with Crippen molar-refractivity contribution >= 4 is 23.6 Å². The Morgan fingerprint density at radius 1 is 1.05 bits per heavy atom. The summed E-state index contributed by atoms with van der Waals surface area (Å²) < 4.78 is 53.0. The maximum absolute atomic E-state index is 13.7. The molecule has 1 fully saturated rings. The molecule has 1 aliphatic heterocycles. The average molecular weight is 547 g/mol. The molecule has 0 atom stereocenters. The summed E-state index contributed by atoms with van der Waals surface area (Å²) in [5.41, 5.74) is -0.585. The van der Waals surface area contributed by atoms with E-state index in [9.17, 15) is 22.8 Å². The standard InChI is InChI=1S/C26H29F3N6O4/c1-25(2,3)39-24(37)34-11-9-19(10-12-34)35-15-18(13-31-35)32-22-20(26(27,28)29)14-30-21(33-22)16-5-7-17(8-6-16)23(36)38-4/h5-8,13-15,19H,9-12H2,1-4H3,(H,30,32,33). The predicted molar refractivity (Wildman–Crippen MR) is 135 cm³/mol. The molecule has 0 spiro atoms. The van der Waals surface area contributed by atoms with Crippen molar-refractivity contribution in [3.8, 4) is 11.4 Å². The maximum Gasteiger partial charge on any atom is 0.421 e. The van der Waals surface area contributed by atoms with Crippen molar-refractivity contribution in [3.05, 3.63) is 54.0 Å². The van der Waals surface area contributed by atoms with E-state index in [1.807, 2.05) is 20.8 Å².